The van der Waals surface area contributed by atoms with Crippen molar-refractivity contribution in [2.45, 2.75) is 51.1 Å². The lowest BCUT2D eigenvalue weighted by molar-refractivity contribution is -0.0545. The Hall–Kier alpha value is -1.45. The summed E-state index contributed by atoms with van der Waals surface area (Å²) in [7, 11) is -5.85. The van der Waals surface area contributed by atoms with E-state index in [1.807, 2.05) is 0 Å². The Bertz CT molecular complexity index is 629. The Balaban J connectivity index is 2.27. The summed E-state index contributed by atoms with van der Waals surface area (Å²) in [6, 6.07) is 0. The molecule has 0 saturated heterocycles. The van der Waals surface area contributed by atoms with Crippen molar-refractivity contribution in [3.63, 3.8) is 0 Å². The highest BCUT2D eigenvalue weighted by Gasteiger charge is 2.52. The van der Waals surface area contributed by atoms with Crippen LogP contribution < -0.4 is 0 Å². The first-order valence-electron chi connectivity index (χ1n) is 6.99. The van der Waals surface area contributed by atoms with Crippen LogP contribution >= 0.6 is 0 Å². The van der Waals surface area contributed by atoms with E-state index in [2.05, 4.69) is 4.18 Å². The van der Waals surface area contributed by atoms with Gasteiger partial charge < -0.3 is 8.92 Å². The fourth-order valence-corrected chi connectivity index (χ4v) is 2.60. The Kier molecular flexibility index (Phi) is 4.11. The lowest BCUT2D eigenvalue weighted by atomic mass is 9.99. The van der Waals surface area contributed by atoms with Crippen molar-refractivity contribution in [1.82, 2.24) is 4.90 Å². The monoisotopic (exact) mass is 357 g/mol. The molecule has 0 aromatic carbocycles. The lowest BCUT2D eigenvalue weighted by Crippen LogP contribution is -2.42. The zero-order valence-electron chi connectivity index (χ0n) is 12.9. The van der Waals surface area contributed by atoms with Gasteiger partial charge in [-0.15, -0.1) is 0 Å². The van der Waals surface area contributed by atoms with Crippen molar-refractivity contribution in [1.29, 1.82) is 0 Å². The van der Waals surface area contributed by atoms with Crippen LogP contribution in [0.15, 0.2) is 12.0 Å². The fourth-order valence-electron chi connectivity index (χ4n) is 2.14. The number of carbonyl (C=O) groups is 1. The number of hydrogen-bond donors (Lipinski definition) is 0. The Morgan fingerprint density at radius 3 is 2.22 bits per heavy atom. The van der Waals surface area contributed by atoms with Gasteiger partial charge in [-0.05, 0) is 51.5 Å². The second-order valence-corrected chi connectivity index (χ2v) is 8.25. The third-order valence-electron chi connectivity index (χ3n) is 3.51. The zero-order valence-corrected chi connectivity index (χ0v) is 13.8. The third kappa shape index (κ3) is 4.10. The number of rotatable bonds is 2. The maximum atomic E-state index is 12.5. The molecule has 1 amide bonds. The topological polar surface area (TPSA) is 72.9 Å². The Morgan fingerprint density at radius 2 is 1.78 bits per heavy atom. The van der Waals surface area contributed by atoms with E-state index in [1.165, 1.54) is 6.08 Å². The number of allylic oxidation sites excluding steroid dienone is 1. The number of ether oxygens (including phenoxy) is 1. The van der Waals surface area contributed by atoms with E-state index in [4.69, 9.17) is 4.74 Å². The van der Waals surface area contributed by atoms with E-state index < -0.39 is 33.2 Å². The van der Waals surface area contributed by atoms with Gasteiger partial charge in [0.05, 0.1) is 0 Å². The van der Waals surface area contributed by atoms with Crippen LogP contribution in [0.1, 0.15) is 40.0 Å². The molecule has 0 atom stereocenters. The van der Waals surface area contributed by atoms with Gasteiger partial charge in [0.15, 0.2) is 0 Å². The van der Waals surface area contributed by atoms with E-state index in [0.29, 0.717) is 19.3 Å². The Labute approximate surface area is 132 Å². The quantitative estimate of drug-likeness (QED) is 0.561. The minimum atomic E-state index is -5.85. The molecule has 0 aromatic heterocycles. The minimum absolute atomic E-state index is 0.0358. The molecule has 10 heteroatoms. The Morgan fingerprint density at radius 1 is 1.22 bits per heavy atom. The van der Waals surface area contributed by atoms with E-state index in [1.54, 1.807) is 20.8 Å². The summed E-state index contributed by atoms with van der Waals surface area (Å²) >= 11 is 0. The molecule has 0 radical (unpaired) electrons. The molecule has 2 rings (SSSR count). The zero-order chi connectivity index (χ0) is 17.7. The highest BCUT2D eigenvalue weighted by molar-refractivity contribution is 7.87. The molecule has 1 fully saturated rings. The summed E-state index contributed by atoms with van der Waals surface area (Å²) in [6.07, 6.45) is 2.29. The number of halogens is 3. The molecule has 0 bridgehead atoms. The molecule has 132 valence electrons. The van der Waals surface area contributed by atoms with Crippen molar-refractivity contribution < 1.29 is 35.3 Å². The maximum absolute atomic E-state index is 12.5. The molecule has 1 aliphatic carbocycles. The van der Waals surface area contributed by atoms with Crippen LogP contribution in [0.3, 0.4) is 0 Å². The van der Waals surface area contributed by atoms with E-state index in [9.17, 15) is 26.4 Å². The van der Waals surface area contributed by atoms with E-state index in [-0.39, 0.29) is 12.0 Å². The van der Waals surface area contributed by atoms with Gasteiger partial charge in [0.2, 0.25) is 5.88 Å². The molecule has 23 heavy (non-hydrogen) atoms. The summed E-state index contributed by atoms with van der Waals surface area (Å²) < 4.78 is 69.3. The van der Waals surface area contributed by atoms with Gasteiger partial charge in [0.1, 0.15) is 5.60 Å². The number of alkyl halides is 3. The largest absolute Gasteiger partial charge is 0.534 e. The van der Waals surface area contributed by atoms with Crippen molar-refractivity contribution in [2.75, 3.05) is 6.54 Å². The second kappa shape index (κ2) is 5.29. The maximum Gasteiger partial charge on any atom is 0.534 e. The molecular weight excluding hydrogens is 339 g/mol. The van der Waals surface area contributed by atoms with Gasteiger partial charge in [-0.1, -0.05) is 0 Å². The summed E-state index contributed by atoms with van der Waals surface area (Å²) in [4.78, 5) is 12.9. The standard InChI is InChI=1S/C13H18F3NO5S/c1-11(2,3)21-10(18)17-7-6-12(4-5-12)8-9(17)22-23(19,20)13(14,15)16/h8H,4-7H2,1-3H3. The van der Waals surface area contributed by atoms with Crippen LogP contribution in [-0.2, 0) is 19.0 Å². The van der Waals surface area contributed by atoms with Gasteiger partial charge in [-0.3, -0.25) is 0 Å². The first-order valence-corrected chi connectivity index (χ1v) is 8.40. The normalized spacial score (nSPS) is 21.0. The highest BCUT2D eigenvalue weighted by Crippen LogP contribution is 2.53. The van der Waals surface area contributed by atoms with Crippen LogP contribution in [0.2, 0.25) is 0 Å². The van der Waals surface area contributed by atoms with E-state index >= 15 is 0 Å². The molecule has 1 saturated carbocycles. The van der Waals surface area contributed by atoms with Crippen LogP contribution in [0, 0.1) is 5.41 Å². The number of nitrogens with zero attached hydrogens (tertiary/aromatic N) is 1. The van der Waals surface area contributed by atoms with Gasteiger partial charge >= 0.3 is 21.7 Å². The summed E-state index contributed by atoms with van der Waals surface area (Å²) in [5.41, 5.74) is -6.82. The summed E-state index contributed by atoms with van der Waals surface area (Å²) in [5, 5.41) is 0. The number of carbonyl (C=O) groups excluding carboxylic acids is 1. The second-order valence-electron chi connectivity index (χ2n) is 6.71. The van der Waals surface area contributed by atoms with Crippen molar-refractivity contribution in [3.8, 4) is 0 Å². The van der Waals surface area contributed by atoms with Crippen LogP contribution in [0.4, 0.5) is 18.0 Å². The molecule has 6 nitrogen and oxygen atoms in total. The molecule has 1 heterocycles. The van der Waals surface area contributed by atoms with Gasteiger partial charge in [-0.25, -0.2) is 9.69 Å². The molecule has 1 aliphatic heterocycles. The average Bonchev–Trinajstić information content (AvgIpc) is 3.04. The molecule has 0 N–H and O–H groups in total. The molecular formula is C13H18F3NO5S. The number of amides is 1. The number of hydrogen-bond acceptors (Lipinski definition) is 5. The lowest BCUT2D eigenvalue weighted by Gasteiger charge is -2.32. The van der Waals surface area contributed by atoms with Gasteiger partial charge in [-0.2, -0.15) is 21.6 Å². The molecule has 0 unspecified atom stereocenters. The van der Waals surface area contributed by atoms with Crippen molar-refractivity contribution in [2.24, 2.45) is 5.41 Å². The summed E-state index contributed by atoms with van der Waals surface area (Å²) in [5.74, 6) is -0.639. The third-order valence-corrected chi connectivity index (χ3v) is 4.47. The first-order chi connectivity index (χ1) is 10.2. The minimum Gasteiger partial charge on any atom is -0.443 e. The van der Waals surface area contributed by atoms with E-state index in [0.717, 1.165) is 4.90 Å². The van der Waals surface area contributed by atoms with Gasteiger partial charge in [0, 0.05) is 6.54 Å². The smallest absolute Gasteiger partial charge is 0.443 e. The average molecular weight is 357 g/mol. The van der Waals surface area contributed by atoms with Gasteiger partial charge in [0.25, 0.3) is 0 Å². The van der Waals surface area contributed by atoms with Crippen molar-refractivity contribution in [3.05, 3.63) is 12.0 Å². The first kappa shape index (κ1) is 17.9. The fraction of sp³-hybridized carbons (Fsp3) is 0.769. The molecule has 2 aliphatic rings. The molecule has 0 aromatic rings. The summed E-state index contributed by atoms with van der Waals surface area (Å²) in [6.45, 7) is 4.81. The predicted molar refractivity (Wildman–Crippen MR) is 73.4 cm³/mol. The van der Waals surface area contributed by atoms with Crippen LogP contribution in [-0.4, -0.2) is 37.1 Å². The van der Waals surface area contributed by atoms with Crippen LogP contribution in [0.5, 0.6) is 0 Å². The van der Waals surface area contributed by atoms with Crippen molar-refractivity contribution >= 4 is 16.2 Å². The molecule has 1 spiro atoms. The highest BCUT2D eigenvalue weighted by atomic mass is 32.2. The van der Waals surface area contributed by atoms with Crippen LogP contribution in [0.25, 0.3) is 0 Å². The SMILES string of the molecule is CC(C)(C)OC(=O)N1CCC2(C=C1OS(=O)(=O)C(F)(F)F)CC2. The predicted octanol–water partition coefficient (Wildman–Crippen LogP) is 3.12.